The predicted octanol–water partition coefficient (Wildman–Crippen LogP) is 0.282. The minimum Gasteiger partial charge on any atom is -0.377 e. The molecule has 1 heterocycles. The quantitative estimate of drug-likeness (QED) is 0.594. The molecular formula is C8H15NO2. The Morgan fingerprint density at radius 1 is 1.55 bits per heavy atom. The number of nitrogens with two attached hydrogens (primary N) is 1. The molecule has 1 spiro atoms. The summed E-state index contributed by atoms with van der Waals surface area (Å²) in [5.74, 6) is 0. The zero-order valence-corrected chi connectivity index (χ0v) is 6.88. The fourth-order valence-corrected chi connectivity index (χ4v) is 2.17. The van der Waals surface area contributed by atoms with E-state index in [0.29, 0.717) is 6.61 Å². The summed E-state index contributed by atoms with van der Waals surface area (Å²) < 4.78 is 11.0. The second kappa shape index (κ2) is 2.44. The molecule has 2 rings (SSSR count). The van der Waals surface area contributed by atoms with Gasteiger partial charge >= 0.3 is 0 Å². The maximum absolute atomic E-state index is 5.82. The Hall–Kier alpha value is -0.120. The van der Waals surface area contributed by atoms with Crippen LogP contribution in [0.4, 0.5) is 0 Å². The van der Waals surface area contributed by atoms with E-state index in [1.54, 1.807) is 7.11 Å². The van der Waals surface area contributed by atoms with Crippen LogP contribution in [0.5, 0.6) is 0 Å². The first-order valence-electron chi connectivity index (χ1n) is 4.21. The molecule has 0 aromatic rings. The highest BCUT2D eigenvalue weighted by molar-refractivity contribution is 5.05. The van der Waals surface area contributed by atoms with Crippen molar-refractivity contribution in [2.75, 3.05) is 13.7 Å². The summed E-state index contributed by atoms with van der Waals surface area (Å²) in [6.45, 7) is 0.665. The van der Waals surface area contributed by atoms with Gasteiger partial charge in [-0.2, -0.15) is 0 Å². The van der Waals surface area contributed by atoms with Gasteiger partial charge in [0.2, 0.25) is 0 Å². The first kappa shape index (κ1) is 7.53. The molecule has 1 saturated heterocycles. The van der Waals surface area contributed by atoms with Gasteiger partial charge in [-0.05, 0) is 19.3 Å². The maximum Gasteiger partial charge on any atom is 0.103 e. The van der Waals surface area contributed by atoms with Gasteiger partial charge in [0, 0.05) is 7.11 Å². The van der Waals surface area contributed by atoms with Crippen molar-refractivity contribution in [2.24, 2.45) is 5.73 Å². The average molecular weight is 157 g/mol. The lowest BCUT2D eigenvalue weighted by molar-refractivity contribution is -0.121. The van der Waals surface area contributed by atoms with Crippen molar-refractivity contribution in [3.8, 4) is 0 Å². The van der Waals surface area contributed by atoms with E-state index >= 15 is 0 Å². The largest absolute Gasteiger partial charge is 0.377 e. The van der Waals surface area contributed by atoms with E-state index in [2.05, 4.69) is 0 Å². The van der Waals surface area contributed by atoms with E-state index in [1.165, 1.54) is 6.42 Å². The number of ether oxygens (including phenoxy) is 2. The molecule has 0 amide bonds. The maximum atomic E-state index is 5.82. The molecule has 3 heteroatoms. The fourth-order valence-electron chi connectivity index (χ4n) is 2.17. The van der Waals surface area contributed by atoms with Gasteiger partial charge in [0.1, 0.15) is 6.10 Å². The van der Waals surface area contributed by atoms with E-state index in [4.69, 9.17) is 15.2 Å². The lowest BCUT2D eigenvalue weighted by Crippen LogP contribution is -2.51. The predicted molar refractivity (Wildman–Crippen MR) is 41.3 cm³/mol. The van der Waals surface area contributed by atoms with Gasteiger partial charge in [0.25, 0.3) is 0 Å². The van der Waals surface area contributed by atoms with Crippen molar-refractivity contribution in [3.63, 3.8) is 0 Å². The van der Waals surface area contributed by atoms with Crippen LogP contribution < -0.4 is 5.73 Å². The summed E-state index contributed by atoms with van der Waals surface area (Å²) in [6.07, 6.45) is 3.64. The fraction of sp³-hybridized carbons (Fsp3) is 1.00. The molecule has 1 saturated carbocycles. The molecule has 3 nitrogen and oxygen atoms in total. The second-order valence-corrected chi connectivity index (χ2v) is 3.55. The highest BCUT2D eigenvalue weighted by Crippen LogP contribution is 2.44. The molecule has 0 aromatic heterocycles. The van der Waals surface area contributed by atoms with Crippen molar-refractivity contribution < 1.29 is 9.47 Å². The number of hydrogen-bond donors (Lipinski definition) is 1. The molecule has 2 fully saturated rings. The Morgan fingerprint density at radius 2 is 2.27 bits per heavy atom. The van der Waals surface area contributed by atoms with E-state index in [1.807, 2.05) is 0 Å². The Balaban J connectivity index is 2.10. The van der Waals surface area contributed by atoms with Crippen LogP contribution in [0.1, 0.15) is 19.3 Å². The average Bonchev–Trinajstić information content (AvgIpc) is 2.25. The molecule has 2 N–H and O–H groups in total. The Bertz CT molecular complexity index is 156. The van der Waals surface area contributed by atoms with Crippen molar-refractivity contribution >= 4 is 0 Å². The van der Waals surface area contributed by atoms with Gasteiger partial charge in [0.05, 0.1) is 18.2 Å². The molecular weight excluding hydrogens is 142 g/mol. The lowest BCUT2D eigenvalue weighted by Gasteiger charge is -2.41. The van der Waals surface area contributed by atoms with Crippen LogP contribution in [0.3, 0.4) is 0 Å². The van der Waals surface area contributed by atoms with Crippen molar-refractivity contribution in [1.29, 1.82) is 0 Å². The summed E-state index contributed by atoms with van der Waals surface area (Å²) >= 11 is 0. The van der Waals surface area contributed by atoms with Gasteiger partial charge in [-0.15, -0.1) is 0 Å². The van der Waals surface area contributed by atoms with Crippen LogP contribution in [0, 0.1) is 0 Å². The zero-order chi connectivity index (χ0) is 7.90. The second-order valence-electron chi connectivity index (χ2n) is 3.55. The van der Waals surface area contributed by atoms with Crippen molar-refractivity contribution in [2.45, 2.75) is 37.0 Å². The minimum absolute atomic E-state index is 0.00810. The van der Waals surface area contributed by atoms with E-state index in [0.717, 1.165) is 12.8 Å². The van der Waals surface area contributed by atoms with Gasteiger partial charge in [0.15, 0.2) is 0 Å². The first-order chi connectivity index (χ1) is 5.28. The van der Waals surface area contributed by atoms with Crippen LogP contribution >= 0.6 is 0 Å². The van der Waals surface area contributed by atoms with Crippen molar-refractivity contribution in [1.82, 2.24) is 0 Å². The van der Waals surface area contributed by atoms with Gasteiger partial charge in [-0.3, -0.25) is 0 Å². The third kappa shape index (κ3) is 0.916. The van der Waals surface area contributed by atoms with E-state index in [-0.39, 0.29) is 17.7 Å². The topological polar surface area (TPSA) is 44.5 Å². The molecule has 2 atom stereocenters. The van der Waals surface area contributed by atoms with Crippen LogP contribution in [0.2, 0.25) is 0 Å². The van der Waals surface area contributed by atoms with Gasteiger partial charge in [-0.25, -0.2) is 0 Å². The monoisotopic (exact) mass is 157 g/mol. The molecule has 0 radical (unpaired) electrons. The zero-order valence-electron chi connectivity index (χ0n) is 6.88. The standard InChI is InChI=1S/C8H15NO2/c1-10-7-6(9)5-11-8(7)3-2-4-8/h6-7H,2-5,9H2,1H3/t6-,7+/m1/s1. The molecule has 0 aromatic carbocycles. The summed E-state index contributed by atoms with van der Waals surface area (Å²) in [4.78, 5) is 0. The number of rotatable bonds is 1. The van der Waals surface area contributed by atoms with Crippen LogP contribution in [-0.2, 0) is 9.47 Å². The highest BCUT2D eigenvalue weighted by atomic mass is 16.6. The Kier molecular flexibility index (Phi) is 1.67. The first-order valence-corrected chi connectivity index (χ1v) is 4.21. The number of methoxy groups -OCH3 is 1. The third-order valence-corrected chi connectivity index (χ3v) is 2.92. The highest BCUT2D eigenvalue weighted by Gasteiger charge is 2.52. The van der Waals surface area contributed by atoms with Gasteiger partial charge in [-0.1, -0.05) is 0 Å². The lowest BCUT2D eigenvalue weighted by atomic mass is 9.75. The Morgan fingerprint density at radius 3 is 2.64 bits per heavy atom. The van der Waals surface area contributed by atoms with Crippen LogP contribution in [-0.4, -0.2) is 31.5 Å². The minimum atomic E-state index is 0.00810. The molecule has 2 aliphatic rings. The third-order valence-electron chi connectivity index (χ3n) is 2.92. The van der Waals surface area contributed by atoms with Crippen molar-refractivity contribution in [3.05, 3.63) is 0 Å². The molecule has 1 aliphatic carbocycles. The summed E-state index contributed by atoms with van der Waals surface area (Å²) in [7, 11) is 1.72. The number of hydrogen-bond acceptors (Lipinski definition) is 3. The SMILES string of the molecule is CO[C@H]1[C@H](N)COC12CCC2. The van der Waals surface area contributed by atoms with E-state index < -0.39 is 0 Å². The van der Waals surface area contributed by atoms with E-state index in [9.17, 15) is 0 Å². The molecule has 11 heavy (non-hydrogen) atoms. The normalized spacial score (nSPS) is 40.9. The summed E-state index contributed by atoms with van der Waals surface area (Å²) in [5.41, 5.74) is 5.83. The molecule has 0 bridgehead atoms. The summed E-state index contributed by atoms with van der Waals surface area (Å²) in [6, 6.07) is 0.0836. The molecule has 0 unspecified atom stereocenters. The molecule has 1 aliphatic heterocycles. The van der Waals surface area contributed by atoms with Crippen LogP contribution in [0.25, 0.3) is 0 Å². The van der Waals surface area contributed by atoms with Gasteiger partial charge < -0.3 is 15.2 Å². The smallest absolute Gasteiger partial charge is 0.103 e. The van der Waals surface area contributed by atoms with Crippen LogP contribution in [0.15, 0.2) is 0 Å². The Labute approximate surface area is 66.8 Å². The molecule has 64 valence electrons. The summed E-state index contributed by atoms with van der Waals surface area (Å²) in [5, 5.41) is 0.